The van der Waals surface area contributed by atoms with Gasteiger partial charge in [0.05, 0.1) is 12.1 Å². The highest BCUT2D eigenvalue weighted by molar-refractivity contribution is 5.94. The van der Waals surface area contributed by atoms with Gasteiger partial charge in [-0.2, -0.15) is 10.5 Å². The average Bonchev–Trinajstić information content (AvgIpc) is 2.78. The highest BCUT2D eigenvalue weighted by Crippen LogP contribution is 2.83. The van der Waals surface area contributed by atoms with Crippen LogP contribution in [0.5, 0.6) is 0 Å². The lowest BCUT2D eigenvalue weighted by Gasteiger charge is -2.29. The van der Waals surface area contributed by atoms with E-state index in [4.69, 9.17) is 15.2 Å². The van der Waals surface area contributed by atoms with E-state index in [0.717, 1.165) is 6.42 Å². The molecule has 0 unspecified atom stereocenters. The maximum absolute atomic E-state index is 9.77. The smallest absolute Gasteiger partial charge is 0.317 e. The molecule has 0 aromatic heterocycles. The number of nitrogens with one attached hydrogen (secondary N) is 1. The Labute approximate surface area is 112 Å². The molecule has 3 atom stereocenters. The number of nitriles is 2. The molecule has 0 saturated heterocycles. The van der Waals surface area contributed by atoms with Gasteiger partial charge in [0.2, 0.25) is 0 Å². The van der Waals surface area contributed by atoms with Crippen molar-refractivity contribution in [1.82, 2.24) is 0 Å². The Morgan fingerprint density at radius 3 is 2.21 bits per heavy atom. The molecule has 19 heavy (non-hydrogen) atoms. The summed E-state index contributed by atoms with van der Waals surface area (Å²) in [5.41, 5.74) is 3.24. The number of amidine groups is 1. The standard InChI is InChI=1S/C13H18N4O2/c1-5-6-10(2)11(7-14)9(16)17-13(18-3,19-4)12(10,11)8-15/h5-6H2,1-4H3,(H2,16,17)/p+1/t10-,11+,12-/m1/s1. The predicted octanol–water partition coefficient (Wildman–Crippen LogP) is -0.776. The number of methoxy groups -OCH3 is 2. The second-order valence-electron chi connectivity index (χ2n) is 5.37. The lowest BCUT2D eigenvalue weighted by atomic mass is 9.87. The fraction of sp³-hybridized carbons (Fsp3) is 0.769. The third-order valence-corrected chi connectivity index (χ3v) is 5.01. The molecule has 0 spiro atoms. The second kappa shape index (κ2) is 3.69. The summed E-state index contributed by atoms with van der Waals surface area (Å²) in [6.07, 6.45) is 1.55. The molecule has 0 aromatic carbocycles. The van der Waals surface area contributed by atoms with Crippen molar-refractivity contribution in [3.05, 3.63) is 0 Å². The van der Waals surface area contributed by atoms with Crippen LogP contribution in [0, 0.1) is 38.9 Å². The molecule has 6 nitrogen and oxygen atoms in total. The lowest BCUT2D eigenvalue weighted by molar-refractivity contribution is -0.689. The number of ether oxygens (including phenoxy) is 2. The third-order valence-electron chi connectivity index (χ3n) is 5.01. The zero-order valence-electron chi connectivity index (χ0n) is 11.7. The van der Waals surface area contributed by atoms with Gasteiger partial charge in [0.15, 0.2) is 10.8 Å². The zero-order chi connectivity index (χ0) is 14.5. The first-order chi connectivity index (χ1) is 8.93. The summed E-state index contributed by atoms with van der Waals surface area (Å²) in [6, 6.07) is 4.52. The monoisotopic (exact) mass is 263 g/mol. The SMILES string of the molecule is CCC[C@]1(C)[C@]2(C#N)C(N)=[NH+]C(OC)(OC)[C@]12C#N. The van der Waals surface area contributed by atoms with Crippen LogP contribution in [0.2, 0.25) is 0 Å². The highest BCUT2D eigenvalue weighted by atomic mass is 16.7. The van der Waals surface area contributed by atoms with E-state index in [0.29, 0.717) is 6.42 Å². The van der Waals surface area contributed by atoms with Gasteiger partial charge in [-0.05, 0) is 6.42 Å². The fourth-order valence-electron chi connectivity index (χ4n) is 4.17. The predicted molar refractivity (Wildman–Crippen MR) is 66.0 cm³/mol. The summed E-state index contributed by atoms with van der Waals surface area (Å²) in [7, 11) is 2.89. The Balaban J connectivity index is 2.73. The molecule has 1 fully saturated rings. The van der Waals surface area contributed by atoms with Crippen molar-refractivity contribution in [1.29, 1.82) is 10.5 Å². The Morgan fingerprint density at radius 1 is 1.26 bits per heavy atom. The van der Waals surface area contributed by atoms with Crippen molar-refractivity contribution in [3.8, 4) is 12.1 Å². The normalized spacial score (nSPS) is 41.9. The molecule has 0 amide bonds. The van der Waals surface area contributed by atoms with E-state index in [1.807, 2.05) is 13.8 Å². The molecule has 1 heterocycles. The molecule has 3 N–H and O–H groups in total. The molecule has 1 aliphatic heterocycles. The van der Waals surface area contributed by atoms with Crippen LogP contribution in [0.1, 0.15) is 26.7 Å². The van der Waals surface area contributed by atoms with E-state index >= 15 is 0 Å². The molecule has 0 radical (unpaired) electrons. The second-order valence-corrected chi connectivity index (χ2v) is 5.37. The molecule has 2 aliphatic rings. The number of nitrogens with two attached hydrogens (primary N) is 1. The maximum atomic E-state index is 9.77. The van der Waals surface area contributed by atoms with Crippen molar-refractivity contribution in [3.63, 3.8) is 0 Å². The first kappa shape index (κ1) is 13.8. The van der Waals surface area contributed by atoms with Crippen LogP contribution in [0.15, 0.2) is 0 Å². The van der Waals surface area contributed by atoms with Crippen molar-refractivity contribution < 1.29 is 14.5 Å². The molecule has 0 bridgehead atoms. The first-order valence-corrected chi connectivity index (χ1v) is 6.27. The van der Waals surface area contributed by atoms with Gasteiger partial charge in [-0.3, -0.25) is 5.73 Å². The quantitative estimate of drug-likeness (QED) is 0.647. The van der Waals surface area contributed by atoms with E-state index in [1.54, 1.807) is 0 Å². The van der Waals surface area contributed by atoms with E-state index < -0.39 is 22.2 Å². The lowest BCUT2D eigenvalue weighted by Crippen LogP contribution is -2.91. The van der Waals surface area contributed by atoms with E-state index in [9.17, 15) is 10.5 Å². The topological polar surface area (TPSA) is 106 Å². The zero-order valence-corrected chi connectivity index (χ0v) is 11.7. The Kier molecular flexibility index (Phi) is 2.68. The van der Waals surface area contributed by atoms with E-state index in [-0.39, 0.29) is 5.84 Å². The number of rotatable bonds is 4. The maximum Gasteiger partial charge on any atom is 0.342 e. The van der Waals surface area contributed by atoms with Gasteiger partial charge < -0.3 is 9.47 Å². The molecular weight excluding hydrogens is 244 g/mol. The van der Waals surface area contributed by atoms with Gasteiger partial charge in [0, 0.05) is 19.6 Å². The molecule has 1 saturated carbocycles. The highest BCUT2D eigenvalue weighted by Gasteiger charge is 3.01. The Morgan fingerprint density at radius 2 is 1.84 bits per heavy atom. The largest absolute Gasteiger partial charge is 0.342 e. The summed E-state index contributed by atoms with van der Waals surface area (Å²) in [5, 5.41) is 19.4. The minimum atomic E-state index is -1.37. The van der Waals surface area contributed by atoms with Crippen molar-refractivity contribution in [2.45, 2.75) is 32.6 Å². The molecular formula is C13H19N4O2+. The van der Waals surface area contributed by atoms with E-state index in [2.05, 4.69) is 17.1 Å². The summed E-state index contributed by atoms with van der Waals surface area (Å²) in [4.78, 5) is 2.87. The van der Waals surface area contributed by atoms with E-state index in [1.165, 1.54) is 14.2 Å². The van der Waals surface area contributed by atoms with Crippen LogP contribution in [-0.4, -0.2) is 26.0 Å². The molecule has 2 rings (SSSR count). The first-order valence-electron chi connectivity index (χ1n) is 6.27. The van der Waals surface area contributed by atoms with Crippen LogP contribution in [0.3, 0.4) is 0 Å². The Hall–Kier alpha value is -1.63. The van der Waals surface area contributed by atoms with Crippen LogP contribution in [0.4, 0.5) is 0 Å². The summed E-state index contributed by atoms with van der Waals surface area (Å²) in [6.45, 7) is 3.92. The molecule has 0 aromatic rings. The van der Waals surface area contributed by atoms with Gasteiger partial charge in [-0.15, -0.1) is 0 Å². The number of nitrogens with zero attached hydrogens (tertiary/aromatic N) is 2. The average molecular weight is 263 g/mol. The number of fused-ring (bicyclic) bond motifs is 1. The van der Waals surface area contributed by atoms with Crippen molar-refractivity contribution in [2.24, 2.45) is 22.0 Å². The van der Waals surface area contributed by atoms with Gasteiger partial charge in [0.25, 0.3) is 5.84 Å². The summed E-state index contributed by atoms with van der Waals surface area (Å²) < 4.78 is 10.9. The minimum Gasteiger partial charge on any atom is -0.317 e. The molecule has 102 valence electrons. The van der Waals surface area contributed by atoms with Gasteiger partial charge in [-0.1, -0.05) is 20.3 Å². The Bertz CT molecular complexity index is 528. The number of hydrogen-bond donors (Lipinski definition) is 2. The van der Waals surface area contributed by atoms with Crippen LogP contribution in [0.25, 0.3) is 0 Å². The van der Waals surface area contributed by atoms with Crippen molar-refractivity contribution >= 4 is 5.84 Å². The summed E-state index contributed by atoms with van der Waals surface area (Å²) >= 11 is 0. The number of hydrogen-bond acceptors (Lipinski definition) is 5. The third kappa shape index (κ3) is 0.959. The van der Waals surface area contributed by atoms with Gasteiger partial charge in [0.1, 0.15) is 0 Å². The molecule has 6 heteroatoms. The van der Waals surface area contributed by atoms with Crippen LogP contribution < -0.4 is 10.7 Å². The van der Waals surface area contributed by atoms with Crippen LogP contribution >= 0.6 is 0 Å². The molecule has 1 aliphatic carbocycles. The van der Waals surface area contributed by atoms with Gasteiger partial charge in [-0.25, -0.2) is 4.99 Å². The van der Waals surface area contributed by atoms with Gasteiger partial charge >= 0.3 is 5.91 Å². The van der Waals surface area contributed by atoms with Crippen molar-refractivity contribution in [2.75, 3.05) is 14.2 Å². The van der Waals surface area contributed by atoms with Crippen LogP contribution in [-0.2, 0) is 9.47 Å². The minimum absolute atomic E-state index is 0.260. The fourth-order valence-corrected chi connectivity index (χ4v) is 4.17. The summed E-state index contributed by atoms with van der Waals surface area (Å²) in [5.74, 6) is -1.11.